The molecule has 2 heteroatoms. The van der Waals surface area contributed by atoms with Gasteiger partial charge >= 0.3 is 0 Å². The minimum absolute atomic E-state index is 0.354. The number of benzene rings is 2. The van der Waals surface area contributed by atoms with Crippen molar-refractivity contribution >= 4 is 0 Å². The van der Waals surface area contributed by atoms with Gasteiger partial charge in [-0.1, -0.05) is 43.7 Å². The van der Waals surface area contributed by atoms with Crippen molar-refractivity contribution in [2.45, 2.75) is 33.1 Å². The van der Waals surface area contributed by atoms with E-state index in [4.69, 9.17) is 4.74 Å². The van der Waals surface area contributed by atoms with Gasteiger partial charge in [-0.3, -0.25) is 0 Å². The smallest absolute Gasteiger partial charge is 0.130 e. The number of unbranched alkanes of at least 4 members (excludes halogenated alkanes) is 1. The van der Waals surface area contributed by atoms with Gasteiger partial charge in [-0.2, -0.15) is 0 Å². The molecule has 106 valence electrons. The molecule has 0 aliphatic rings. The zero-order chi connectivity index (χ0) is 14.5. The van der Waals surface area contributed by atoms with Gasteiger partial charge < -0.3 is 9.84 Å². The van der Waals surface area contributed by atoms with E-state index in [1.807, 2.05) is 43.3 Å². The van der Waals surface area contributed by atoms with Crippen molar-refractivity contribution in [3.8, 4) is 22.6 Å². The topological polar surface area (TPSA) is 29.5 Å². The van der Waals surface area contributed by atoms with E-state index in [2.05, 4.69) is 6.92 Å². The predicted molar refractivity (Wildman–Crippen MR) is 83.4 cm³/mol. The molecule has 0 unspecified atom stereocenters. The third kappa shape index (κ3) is 2.79. The standard InChI is InChI=1S/C18H22O2/c1-4-5-9-14-11-12-16(20-3)17(18(14)19)15-10-7-6-8-13(15)2/h6-8,10-12,19H,4-5,9H2,1-3H3. The van der Waals surface area contributed by atoms with Crippen molar-refractivity contribution in [2.24, 2.45) is 0 Å². The average molecular weight is 270 g/mol. The number of phenolic OH excluding ortho intramolecular Hbond substituents is 1. The van der Waals surface area contributed by atoms with Crippen molar-refractivity contribution < 1.29 is 9.84 Å². The summed E-state index contributed by atoms with van der Waals surface area (Å²) in [5.74, 6) is 1.07. The fourth-order valence-electron chi connectivity index (χ4n) is 2.47. The first-order valence-electron chi connectivity index (χ1n) is 7.13. The van der Waals surface area contributed by atoms with E-state index < -0.39 is 0 Å². The maximum absolute atomic E-state index is 10.6. The van der Waals surface area contributed by atoms with Crippen molar-refractivity contribution in [3.63, 3.8) is 0 Å². The van der Waals surface area contributed by atoms with E-state index >= 15 is 0 Å². The molecule has 0 saturated carbocycles. The number of aryl methyl sites for hydroxylation is 2. The van der Waals surface area contributed by atoms with Crippen molar-refractivity contribution in [3.05, 3.63) is 47.5 Å². The third-order valence-corrected chi connectivity index (χ3v) is 3.66. The number of ether oxygens (including phenoxy) is 1. The molecule has 2 rings (SSSR count). The molecule has 20 heavy (non-hydrogen) atoms. The van der Waals surface area contributed by atoms with Crippen LogP contribution < -0.4 is 4.74 Å². The fourth-order valence-corrected chi connectivity index (χ4v) is 2.47. The maximum atomic E-state index is 10.6. The number of phenols is 1. The van der Waals surface area contributed by atoms with Gasteiger partial charge in [0.1, 0.15) is 11.5 Å². The van der Waals surface area contributed by atoms with Crippen LogP contribution in [0.15, 0.2) is 36.4 Å². The average Bonchev–Trinajstić information content (AvgIpc) is 2.47. The molecule has 0 heterocycles. The summed E-state index contributed by atoms with van der Waals surface area (Å²) in [4.78, 5) is 0. The number of methoxy groups -OCH3 is 1. The van der Waals surface area contributed by atoms with Crippen LogP contribution in [0.5, 0.6) is 11.5 Å². The van der Waals surface area contributed by atoms with Crippen LogP contribution >= 0.6 is 0 Å². The zero-order valence-corrected chi connectivity index (χ0v) is 12.4. The van der Waals surface area contributed by atoms with Gasteiger partial charge in [0, 0.05) is 0 Å². The van der Waals surface area contributed by atoms with E-state index in [1.54, 1.807) is 7.11 Å². The van der Waals surface area contributed by atoms with E-state index in [0.29, 0.717) is 5.75 Å². The molecular formula is C18H22O2. The van der Waals surface area contributed by atoms with Crippen LogP contribution in [-0.2, 0) is 6.42 Å². The second kappa shape index (κ2) is 6.47. The molecule has 2 nitrogen and oxygen atoms in total. The lowest BCUT2D eigenvalue weighted by atomic mass is 9.95. The highest BCUT2D eigenvalue weighted by atomic mass is 16.5. The van der Waals surface area contributed by atoms with E-state index in [0.717, 1.165) is 47.3 Å². The highest BCUT2D eigenvalue weighted by Crippen LogP contribution is 2.41. The van der Waals surface area contributed by atoms with Crippen LogP contribution in [0.3, 0.4) is 0 Å². The summed E-state index contributed by atoms with van der Waals surface area (Å²) in [6.45, 7) is 4.20. The number of hydrogen-bond donors (Lipinski definition) is 1. The molecule has 0 amide bonds. The Bertz CT molecular complexity index is 588. The zero-order valence-electron chi connectivity index (χ0n) is 12.4. The Morgan fingerprint density at radius 1 is 1.10 bits per heavy atom. The van der Waals surface area contributed by atoms with Gasteiger partial charge in [-0.15, -0.1) is 0 Å². The molecule has 0 aromatic heterocycles. The van der Waals surface area contributed by atoms with Crippen LogP contribution in [0.2, 0.25) is 0 Å². The van der Waals surface area contributed by atoms with Gasteiger partial charge in [-0.05, 0) is 42.5 Å². The van der Waals surface area contributed by atoms with Crippen LogP contribution in [-0.4, -0.2) is 12.2 Å². The molecule has 0 atom stereocenters. The molecular weight excluding hydrogens is 248 g/mol. The molecule has 0 fully saturated rings. The number of hydrogen-bond acceptors (Lipinski definition) is 2. The Labute approximate surface area is 121 Å². The largest absolute Gasteiger partial charge is 0.507 e. The Balaban J connectivity index is 2.57. The van der Waals surface area contributed by atoms with Crippen LogP contribution in [0, 0.1) is 6.92 Å². The monoisotopic (exact) mass is 270 g/mol. The Morgan fingerprint density at radius 3 is 2.50 bits per heavy atom. The number of rotatable bonds is 5. The normalized spacial score (nSPS) is 10.6. The molecule has 0 aliphatic heterocycles. The summed E-state index contributed by atoms with van der Waals surface area (Å²) in [5, 5.41) is 10.6. The van der Waals surface area contributed by atoms with Gasteiger partial charge in [0.05, 0.1) is 12.7 Å². The minimum atomic E-state index is 0.354. The third-order valence-electron chi connectivity index (χ3n) is 3.66. The van der Waals surface area contributed by atoms with E-state index in [9.17, 15) is 5.11 Å². The summed E-state index contributed by atoms with van der Waals surface area (Å²) >= 11 is 0. The fraction of sp³-hybridized carbons (Fsp3) is 0.333. The van der Waals surface area contributed by atoms with Gasteiger partial charge in [0.25, 0.3) is 0 Å². The van der Waals surface area contributed by atoms with Crippen molar-refractivity contribution in [1.82, 2.24) is 0 Å². The van der Waals surface area contributed by atoms with Crippen molar-refractivity contribution in [2.75, 3.05) is 7.11 Å². The molecule has 2 aromatic rings. The van der Waals surface area contributed by atoms with Crippen LogP contribution in [0.1, 0.15) is 30.9 Å². The minimum Gasteiger partial charge on any atom is -0.507 e. The second-order valence-electron chi connectivity index (χ2n) is 5.07. The Kier molecular flexibility index (Phi) is 4.67. The maximum Gasteiger partial charge on any atom is 0.130 e. The van der Waals surface area contributed by atoms with Gasteiger partial charge in [-0.25, -0.2) is 0 Å². The summed E-state index contributed by atoms with van der Waals surface area (Å²) in [5.41, 5.74) is 3.96. The van der Waals surface area contributed by atoms with E-state index in [-0.39, 0.29) is 0 Å². The lowest BCUT2D eigenvalue weighted by Crippen LogP contribution is -1.94. The highest BCUT2D eigenvalue weighted by molar-refractivity contribution is 5.80. The summed E-state index contributed by atoms with van der Waals surface area (Å²) in [6.07, 6.45) is 3.09. The molecule has 1 N–H and O–H groups in total. The first kappa shape index (κ1) is 14.4. The predicted octanol–water partition coefficient (Wildman–Crippen LogP) is 4.72. The number of aromatic hydroxyl groups is 1. The Hall–Kier alpha value is -1.96. The van der Waals surface area contributed by atoms with Crippen LogP contribution in [0.4, 0.5) is 0 Å². The van der Waals surface area contributed by atoms with Crippen LogP contribution in [0.25, 0.3) is 11.1 Å². The Morgan fingerprint density at radius 2 is 1.85 bits per heavy atom. The molecule has 0 radical (unpaired) electrons. The quantitative estimate of drug-likeness (QED) is 0.852. The first-order chi connectivity index (χ1) is 9.69. The van der Waals surface area contributed by atoms with E-state index in [1.165, 1.54) is 0 Å². The molecule has 0 saturated heterocycles. The first-order valence-corrected chi connectivity index (χ1v) is 7.13. The van der Waals surface area contributed by atoms with Gasteiger partial charge in [0.2, 0.25) is 0 Å². The van der Waals surface area contributed by atoms with Crippen molar-refractivity contribution in [1.29, 1.82) is 0 Å². The highest BCUT2D eigenvalue weighted by Gasteiger charge is 2.16. The molecule has 2 aromatic carbocycles. The molecule has 0 spiro atoms. The molecule has 0 bridgehead atoms. The van der Waals surface area contributed by atoms with Gasteiger partial charge in [0.15, 0.2) is 0 Å². The lowest BCUT2D eigenvalue weighted by molar-refractivity contribution is 0.409. The summed E-state index contributed by atoms with van der Waals surface area (Å²) in [6, 6.07) is 12.0. The second-order valence-corrected chi connectivity index (χ2v) is 5.07. The SMILES string of the molecule is CCCCc1ccc(OC)c(-c2ccccc2C)c1O. The molecule has 0 aliphatic carbocycles. The summed E-state index contributed by atoms with van der Waals surface area (Å²) in [7, 11) is 1.64. The lowest BCUT2D eigenvalue weighted by Gasteiger charge is -2.15. The summed E-state index contributed by atoms with van der Waals surface area (Å²) < 4.78 is 5.44.